The summed E-state index contributed by atoms with van der Waals surface area (Å²) in [6.45, 7) is 2.71. The second-order valence-corrected chi connectivity index (χ2v) is 3.53. The van der Waals surface area contributed by atoms with E-state index in [0.717, 1.165) is 12.4 Å². The topological polar surface area (TPSA) is 27.1 Å². The Morgan fingerprint density at radius 3 is 3.00 bits per heavy atom. The van der Waals surface area contributed by atoms with Crippen molar-refractivity contribution in [2.24, 2.45) is 0 Å². The van der Waals surface area contributed by atoms with E-state index in [1.807, 2.05) is 19.3 Å². The van der Waals surface area contributed by atoms with Crippen molar-refractivity contribution in [3.8, 4) is 5.75 Å². The van der Waals surface area contributed by atoms with Crippen molar-refractivity contribution in [2.45, 2.75) is 38.6 Å². The molecule has 1 saturated carbocycles. The Bertz CT molecular complexity index is 264. The molecule has 0 saturated heterocycles. The Morgan fingerprint density at radius 1 is 1.54 bits per heavy atom. The molecule has 0 atom stereocenters. The third-order valence-corrected chi connectivity index (χ3v) is 2.59. The van der Waals surface area contributed by atoms with E-state index >= 15 is 0 Å². The van der Waals surface area contributed by atoms with Gasteiger partial charge in [0.05, 0.1) is 25.0 Å². The van der Waals surface area contributed by atoms with Gasteiger partial charge in [0.2, 0.25) is 0 Å². The maximum Gasteiger partial charge on any atom is 0.157 e. The standard InChI is InChI=1S/C10H16N2O/c1-2-13-10-7-11-12(8-10)9-5-3-4-6-9/h7-9H,2-6H2,1H3. The molecule has 0 aromatic carbocycles. The first-order chi connectivity index (χ1) is 6.40. The molecule has 1 heterocycles. The van der Waals surface area contributed by atoms with Crippen LogP contribution in [0.15, 0.2) is 12.4 Å². The molecular formula is C10H16N2O. The molecule has 1 aromatic heterocycles. The van der Waals surface area contributed by atoms with Crippen LogP contribution >= 0.6 is 0 Å². The average molecular weight is 180 g/mol. The van der Waals surface area contributed by atoms with Gasteiger partial charge in [-0.25, -0.2) is 0 Å². The lowest BCUT2D eigenvalue weighted by Crippen LogP contribution is -2.04. The molecule has 13 heavy (non-hydrogen) atoms. The fraction of sp³-hybridized carbons (Fsp3) is 0.700. The molecule has 1 aliphatic rings. The number of hydrogen-bond donors (Lipinski definition) is 0. The van der Waals surface area contributed by atoms with Gasteiger partial charge in [0.15, 0.2) is 5.75 Å². The van der Waals surface area contributed by atoms with Crippen LogP contribution in [0.3, 0.4) is 0 Å². The highest BCUT2D eigenvalue weighted by Gasteiger charge is 2.17. The quantitative estimate of drug-likeness (QED) is 0.714. The van der Waals surface area contributed by atoms with Gasteiger partial charge in [-0.3, -0.25) is 4.68 Å². The zero-order chi connectivity index (χ0) is 9.10. The molecule has 0 radical (unpaired) electrons. The lowest BCUT2D eigenvalue weighted by atomic mass is 10.3. The molecule has 1 aromatic rings. The minimum absolute atomic E-state index is 0.620. The molecule has 3 heteroatoms. The van der Waals surface area contributed by atoms with Gasteiger partial charge in [-0.2, -0.15) is 5.10 Å². The summed E-state index contributed by atoms with van der Waals surface area (Å²) >= 11 is 0. The Labute approximate surface area is 78.7 Å². The lowest BCUT2D eigenvalue weighted by Gasteiger charge is -2.08. The van der Waals surface area contributed by atoms with Gasteiger partial charge in [0.25, 0.3) is 0 Å². The van der Waals surface area contributed by atoms with Crippen LogP contribution in [0.2, 0.25) is 0 Å². The van der Waals surface area contributed by atoms with Gasteiger partial charge < -0.3 is 4.74 Å². The SMILES string of the molecule is CCOc1cnn(C2CCCC2)c1. The summed E-state index contributed by atoms with van der Waals surface area (Å²) in [5.74, 6) is 0.898. The summed E-state index contributed by atoms with van der Waals surface area (Å²) < 4.78 is 7.42. The van der Waals surface area contributed by atoms with E-state index < -0.39 is 0 Å². The summed E-state index contributed by atoms with van der Waals surface area (Å²) in [7, 11) is 0. The first-order valence-electron chi connectivity index (χ1n) is 5.07. The van der Waals surface area contributed by atoms with Crippen LogP contribution in [0.25, 0.3) is 0 Å². The third kappa shape index (κ3) is 1.85. The highest BCUT2D eigenvalue weighted by Crippen LogP contribution is 2.29. The van der Waals surface area contributed by atoms with Crippen LogP contribution in [0.5, 0.6) is 5.75 Å². The number of ether oxygens (including phenoxy) is 1. The highest BCUT2D eigenvalue weighted by molar-refractivity contribution is 5.12. The molecule has 0 aliphatic heterocycles. The summed E-state index contributed by atoms with van der Waals surface area (Å²) in [5.41, 5.74) is 0. The fourth-order valence-corrected chi connectivity index (χ4v) is 1.93. The van der Waals surface area contributed by atoms with Crippen LogP contribution in [0.1, 0.15) is 38.6 Å². The first-order valence-corrected chi connectivity index (χ1v) is 5.07. The minimum Gasteiger partial charge on any atom is -0.491 e. The Kier molecular flexibility index (Phi) is 2.52. The number of rotatable bonds is 3. The van der Waals surface area contributed by atoms with Gasteiger partial charge in [-0.05, 0) is 19.8 Å². The van der Waals surface area contributed by atoms with Crippen LogP contribution in [0.4, 0.5) is 0 Å². The smallest absolute Gasteiger partial charge is 0.157 e. The van der Waals surface area contributed by atoms with E-state index in [4.69, 9.17) is 4.74 Å². The van der Waals surface area contributed by atoms with E-state index in [0.29, 0.717) is 6.04 Å². The van der Waals surface area contributed by atoms with Crippen molar-refractivity contribution in [2.75, 3.05) is 6.61 Å². The van der Waals surface area contributed by atoms with Gasteiger partial charge in [0, 0.05) is 0 Å². The maximum atomic E-state index is 5.36. The molecule has 1 fully saturated rings. The van der Waals surface area contributed by atoms with Gasteiger partial charge >= 0.3 is 0 Å². The molecule has 0 unspecified atom stereocenters. The fourth-order valence-electron chi connectivity index (χ4n) is 1.93. The van der Waals surface area contributed by atoms with Crippen molar-refractivity contribution in [3.05, 3.63) is 12.4 Å². The normalized spacial score (nSPS) is 17.9. The Morgan fingerprint density at radius 2 is 2.31 bits per heavy atom. The van der Waals surface area contributed by atoms with E-state index in [-0.39, 0.29) is 0 Å². The average Bonchev–Trinajstić information content (AvgIpc) is 2.70. The van der Waals surface area contributed by atoms with E-state index in [1.165, 1.54) is 25.7 Å². The second-order valence-electron chi connectivity index (χ2n) is 3.53. The zero-order valence-electron chi connectivity index (χ0n) is 8.07. The number of hydrogen-bond acceptors (Lipinski definition) is 2. The van der Waals surface area contributed by atoms with Crippen molar-refractivity contribution in [1.29, 1.82) is 0 Å². The predicted molar refractivity (Wildman–Crippen MR) is 50.9 cm³/mol. The molecule has 0 amide bonds. The van der Waals surface area contributed by atoms with Gasteiger partial charge in [0.1, 0.15) is 0 Å². The predicted octanol–water partition coefficient (Wildman–Crippen LogP) is 2.40. The zero-order valence-corrected chi connectivity index (χ0v) is 8.07. The molecule has 2 rings (SSSR count). The van der Waals surface area contributed by atoms with Gasteiger partial charge in [-0.1, -0.05) is 12.8 Å². The molecule has 1 aliphatic carbocycles. The van der Waals surface area contributed by atoms with Crippen molar-refractivity contribution >= 4 is 0 Å². The van der Waals surface area contributed by atoms with Crippen LogP contribution in [0, 0.1) is 0 Å². The second kappa shape index (κ2) is 3.81. The third-order valence-electron chi connectivity index (χ3n) is 2.59. The summed E-state index contributed by atoms with van der Waals surface area (Å²) in [4.78, 5) is 0. The summed E-state index contributed by atoms with van der Waals surface area (Å²) in [6.07, 6.45) is 9.05. The number of aromatic nitrogens is 2. The monoisotopic (exact) mass is 180 g/mol. The molecule has 3 nitrogen and oxygen atoms in total. The van der Waals surface area contributed by atoms with Crippen LogP contribution in [-0.2, 0) is 0 Å². The molecule has 0 bridgehead atoms. The Balaban J connectivity index is 2.03. The number of nitrogens with zero attached hydrogens (tertiary/aromatic N) is 2. The van der Waals surface area contributed by atoms with Crippen molar-refractivity contribution < 1.29 is 4.74 Å². The highest BCUT2D eigenvalue weighted by atomic mass is 16.5. The summed E-state index contributed by atoms with van der Waals surface area (Å²) in [6, 6.07) is 0.620. The summed E-state index contributed by atoms with van der Waals surface area (Å²) in [5, 5.41) is 4.31. The molecule has 0 spiro atoms. The Hall–Kier alpha value is -0.990. The van der Waals surface area contributed by atoms with E-state index in [1.54, 1.807) is 0 Å². The molecule has 0 N–H and O–H groups in total. The van der Waals surface area contributed by atoms with Crippen molar-refractivity contribution in [1.82, 2.24) is 9.78 Å². The molecule has 72 valence electrons. The first kappa shape index (κ1) is 8.60. The van der Waals surface area contributed by atoms with E-state index in [2.05, 4.69) is 9.78 Å². The van der Waals surface area contributed by atoms with Crippen LogP contribution in [-0.4, -0.2) is 16.4 Å². The van der Waals surface area contributed by atoms with Gasteiger partial charge in [-0.15, -0.1) is 0 Å². The maximum absolute atomic E-state index is 5.36. The van der Waals surface area contributed by atoms with Crippen molar-refractivity contribution in [3.63, 3.8) is 0 Å². The largest absolute Gasteiger partial charge is 0.491 e. The van der Waals surface area contributed by atoms with E-state index in [9.17, 15) is 0 Å². The molecular weight excluding hydrogens is 164 g/mol. The minimum atomic E-state index is 0.620. The lowest BCUT2D eigenvalue weighted by molar-refractivity contribution is 0.338. The van der Waals surface area contributed by atoms with Crippen LogP contribution < -0.4 is 4.74 Å².